The normalized spacial score (nSPS) is 15.9. The van der Waals surface area contributed by atoms with Gasteiger partial charge in [0.1, 0.15) is 6.73 Å². The molecular formula is C15H18N2O. The molecule has 0 radical (unpaired) electrons. The van der Waals surface area contributed by atoms with Crippen molar-refractivity contribution in [2.75, 3.05) is 20.2 Å². The zero-order valence-corrected chi connectivity index (χ0v) is 10.6. The predicted molar refractivity (Wildman–Crippen MR) is 74.4 cm³/mol. The number of fused-ring (bicyclic) bond motifs is 1. The quantitative estimate of drug-likeness (QED) is 0.895. The van der Waals surface area contributed by atoms with E-state index in [0.29, 0.717) is 6.73 Å². The third-order valence-electron chi connectivity index (χ3n) is 3.47. The van der Waals surface area contributed by atoms with E-state index in [-0.39, 0.29) is 0 Å². The lowest BCUT2D eigenvalue weighted by Crippen LogP contribution is -2.19. The monoisotopic (exact) mass is 242 g/mol. The number of ether oxygens (including phenoxy) is 1. The highest BCUT2D eigenvalue weighted by molar-refractivity contribution is 5.93. The van der Waals surface area contributed by atoms with Crippen molar-refractivity contribution in [3.8, 4) is 0 Å². The second-order valence-corrected chi connectivity index (χ2v) is 4.63. The molecule has 0 atom stereocenters. The molecular weight excluding hydrogens is 224 g/mol. The van der Waals surface area contributed by atoms with Crippen LogP contribution in [0, 0.1) is 0 Å². The van der Waals surface area contributed by atoms with E-state index in [1.807, 2.05) is 0 Å². The van der Waals surface area contributed by atoms with E-state index in [4.69, 9.17) is 4.74 Å². The highest BCUT2D eigenvalue weighted by atomic mass is 16.5. The van der Waals surface area contributed by atoms with E-state index in [1.54, 1.807) is 7.11 Å². The SMILES string of the molecule is COCn1cc(C2=CCNCC2)c2ccccc21. The van der Waals surface area contributed by atoms with Crippen molar-refractivity contribution < 1.29 is 4.74 Å². The lowest BCUT2D eigenvalue weighted by Gasteiger charge is -2.13. The molecule has 0 bridgehead atoms. The fraction of sp³-hybridized carbons (Fsp3) is 0.333. The molecule has 0 fully saturated rings. The van der Waals surface area contributed by atoms with Crippen molar-refractivity contribution in [3.63, 3.8) is 0 Å². The van der Waals surface area contributed by atoms with Crippen LogP contribution in [-0.2, 0) is 11.5 Å². The van der Waals surface area contributed by atoms with E-state index in [2.05, 4.69) is 46.4 Å². The maximum Gasteiger partial charge on any atom is 0.122 e. The summed E-state index contributed by atoms with van der Waals surface area (Å²) in [5.41, 5.74) is 4.04. The highest BCUT2D eigenvalue weighted by Gasteiger charge is 2.13. The Labute approximate surface area is 107 Å². The summed E-state index contributed by atoms with van der Waals surface area (Å²) >= 11 is 0. The molecule has 0 saturated carbocycles. The van der Waals surface area contributed by atoms with Crippen LogP contribution < -0.4 is 5.32 Å². The van der Waals surface area contributed by atoms with Crippen LogP contribution in [0.15, 0.2) is 36.5 Å². The van der Waals surface area contributed by atoms with Gasteiger partial charge in [0.15, 0.2) is 0 Å². The molecule has 1 aliphatic heterocycles. The topological polar surface area (TPSA) is 26.2 Å². The molecule has 1 aliphatic rings. The first-order chi connectivity index (χ1) is 8.90. The smallest absolute Gasteiger partial charge is 0.122 e. The van der Waals surface area contributed by atoms with Crippen molar-refractivity contribution in [2.45, 2.75) is 13.2 Å². The molecule has 1 aromatic heterocycles. The fourth-order valence-corrected chi connectivity index (χ4v) is 2.62. The van der Waals surface area contributed by atoms with Crippen LogP contribution in [0.4, 0.5) is 0 Å². The summed E-state index contributed by atoms with van der Waals surface area (Å²) in [6.07, 6.45) is 5.61. The molecule has 0 amide bonds. The molecule has 2 aromatic rings. The number of rotatable bonds is 3. The Morgan fingerprint density at radius 2 is 2.22 bits per heavy atom. The average Bonchev–Trinajstić information content (AvgIpc) is 2.80. The van der Waals surface area contributed by atoms with Crippen LogP contribution in [0.25, 0.3) is 16.5 Å². The van der Waals surface area contributed by atoms with Gasteiger partial charge in [0.05, 0.1) is 5.52 Å². The van der Waals surface area contributed by atoms with Crippen LogP contribution in [-0.4, -0.2) is 24.8 Å². The highest BCUT2D eigenvalue weighted by Crippen LogP contribution is 2.29. The number of hydrogen-bond donors (Lipinski definition) is 1. The minimum absolute atomic E-state index is 0.603. The minimum atomic E-state index is 0.603. The van der Waals surface area contributed by atoms with Crippen molar-refractivity contribution in [3.05, 3.63) is 42.1 Å². The lowest BCUT2D eigenvalue weighted by molar-refractivity contribution is 0.135. The maximum absolute atomic E-state index is 5.27. The molecule has 3 rings (SSSR count). The maximum atomic E-state index is 5.27. The summed E-state index contributed by atoms with van der Waals surface area (Å²) in [7, 11) is 1.73. The van der Waals surface area contributed by atoms with E-state index >= 15 is 0 Å². The predicted octanol–water partition coefficient (Wildman–Crippen LogP) is 2.62. The Morgan fingerprint density at radius 1 is 1.33 bits per heavy atom. The summed E-state index contributed by atoms with van der Waals surface area (Å²) in [4.78, 5) is 0. The number of nitrogens with zero attached hydrogens (tertiary/aromatic N) is 1. The largest absolute Gasteiger partial charge is 0.364 e. The molecule has 0 saturated heterocycles. The Bertz CT molecular complexity index is 583. The van der Waals surface area contributed by atoms with Gasteiger partial charge in [0.25, 0.3) is 0 Å². The molecule has 2 heterocycles. The lowest BCUT2D eigenvalue weighted by atomic mass is 10.00. The van der Waals surface area contributed by atoms with Gasteiger partial charge in [-0.2, -0.15) is 0 Å². The Balaban J connectivity index is 2.13. The van der Waals surface area contributed by atoms with Gasteiger partial charge in [-0.1, -0.05) is 24.3 Å². The van der Waals surface area contributed by atoms with Crippen LogP contribution in [0.3, 0.4) is 0 Å². The molecule has 3 heteroatoms. The van der Waals surface area contributed by atoms with Gasteiger partial charge in [-0.15, -0.1) is 0 Å². The number of para-hydroxylation sites is 1. The summed E-state index contributed by atoms with van der Waals surface area (Å²) in [6, 6.07) is 8.53. The zero-order valence-electron chi connectivity index (χ0n) is 10.6. The van der Waals surface area contributed by atoms with Gasteiger partial charge in [-0.3, -0.25) is 0 Å². The van der Waals surface area contributed by atoms with Gasteiger partial charge in [0.2, 0.25) is 0 Å². The first kappa shape index (κ1) is 11.5. The molecule has 1 N–H and O–H groups in total. The standard InChI is InChI=1S/C15H18N2O/c1-18-11-17-10-14(12-6-8-16-9-7-12)13-4-2-3-5-15(13)17/h2-6,10,16H,7-9,11H2,1H3. The first-order valence-electron chi connectivity index (χ1n) is 6.37. The fourth-order valence-electron chi connectivity index (χ4n) is 2.62. The van der Waals surface area contributed by atoms with Crippen LogP contribution >= 0.6 is 0 Å². The van der Waals surface area contributed by atoms with E-state index in [0.717, 1.165) is 19.5 Å². The van der Waals surface area contributed by atoms with Crippen LogP contribution in [0.5, 0.6) is 0 Å². The minimum Gasteiger partial charge on any atom is -0.364 e. The van der Waals surface area contributed by atoms with Crippen LogP contribution in [0.1, 0.15) is 12.0 Å². The molecule has 0 spiro atoms. The van der Waals surface area contributed by atoms with Gasteiger partial charge >= 0.3 is 0 Å². The summed E-state index contributed by atoms with van der Waals surface area (Å²) in [5, 5.41) is 4.68. The molecule has 1 aromatic carbocycles. The van der Waals surface area contributed by atoms with Gasteiger partial charge < -0.3 is 14.6 Å². The van der Waals surface area contributed by atoms with Gasteiger partial charge in [-0.05, 0) is 24.6 Å². The molecule has 94 valence electrons. The van der Waals surface area contributed by atoms with E-state index < -0.39 is 0 Å². The summed E-state index contributed by atoms with van der Waals surface area (Å²) in [6.45, 7) is 2.64. The second kappa shape index (κ2) is 4.96. The number of hydrogen-bond acceptors (Lipinski definition) is 2. The molecule has 18 heavy (non-hydrogen) atoms. The van der Waals surface area contributed by atoms with Gasteiger partial charge in [0, 0.05) is 30.8 Å². The summed E-state index contributed by atoms with van der Waals surface area (Å²) < 4.78 is 7.44. The zero-order chi connectivity index (χ0) is 12.4. The Kier molecular flexibility index (Phi) is 3.17. The van der Waals surface area contributed by atoms with Crippen molar-refractivity contribution in [1.82, 2.24) is 9.88 Å². The molecule has 0 unspecified atom stereocenters. The molecule has 3 nitrogen and oxygen atoms in total. The number of methoxy groups -OCH3 is 1. The second-order valence-electron chi connectivity index (χ2n) is 4.63. The van der Waals surface area contributed by atoms with E-state index in [9.17, 15) is 0 Å². The third-order valence-corrected chi connectivity index (χ3v) is 3.47. The Hall–Kier alpha value is -1.58. The van der Waals surface area contributed by atoms with Crippen molar-refractivity contribution in [2.24, 2.45) is 0 Å². The van der Waals surface area contributed by atoms with Gasteiger partial charge in [-0.25, -0.2) is 0 Å². The molecule has 0 aliphatic carbocycles. The Morgan fingerprint density at radius 3 is 3.00 bits per heavy atom. The van der Waals surface area contributed by atoms with Crippen LogP contribution in [0.2, 0.25) is 0 Å². The van der Waals surface area contributed by atoms with E-state index in [1.165, 1.54) is 22.0 Å². The van der Waals surface area contributed by atoms with Crippen molar-refractivity contribution >= 4 is 16.5 Å². The van der Waals surface area contributed by atoms with Crippen molar-refractivity contribution in [1.29, 1.82) is 0 Å². The number of benzene rings is 1. The first-order valence-corrected chi connectivity index (χ1v) is 6.37. The number of aromatic nitrogens is 1. The summed E-state index contributed by atoms with van der Waals surface area (Å²) in [5.74, 6) is 0. The number of nitrogens with one attached hydrogen (secondary N) is 1. The third kappa shape index (κ3) is 1.96. The average molecular weight is 242 g/mol.